The molecule has 104 valence electrons. The quantitative estimate of drug-likeness (QED) is 0.597. The van der Waals surface area contributed by atoms with Gasteiger partial charge in [-0.1, -0.05) is 6.92 Å². The van der Waals surface area contributed by atoms with Gasteiger partial charge in [0.1, 0.15) is 6.04 Å². The lowest BCUT2D eigenvalue weighted by Crippen LogP contribution is -2.47. The van der Waals surface area contributed by atoms with Crippen molar-refractivity contribution < 1.29 is 24.0 Å². The molecule has 18 heavy (non-hydrogen) atoms. The molecule has 2 amide bonds. The molecule has 0 radical (unpaired) electrons. The fourth-order valence-corrected chi connectivity index (χ4v) is 2.41. The van der Waals surface area contributed by atoms with Gasteiger partial charge in [0.15, 0.2) is 0 Å². The number of aliphatic hydroxyl groups excluding tert-OH is 1. The molecule has 1 rings (SSSR count). The van der Waals surface area contributed by atoms with E-state index >= 15 is 0 Å². The largest absolute Gasteiger partial charge is 0.480 e. The Balaban J connectivity index is 2.45. The molecule has 0 aromatic carbocycles. The van der Waals surface area contributed by atoms with Crippen LogP contribution >= 0.6 is 0 Å². The minimum absolute atomic E-state index is 0.0136. The van der Waals surface area contributed by atoms with E-state index in [0.717, 1.165) is 4.90 Å². The Hall–Kier alpha value is -1.15. The van der Waals surface area contributed by atoms with Gasteiger partial charge in [0.2, 0.25) is 0 Å². The molecule has 7 nitrogen and oxygen atoms in total. The molecule has 0 aliphatic carbocycles. The lowest BCUT2D eigenvalue weighted by molar-refractivity contribution is -0.141. The highest BCUT2D eigenvalue weighted by molar-refractivity contribution is 7.84. The van der Waals surface area contributed by atoms with Crippen molar-refractivity contribution in [2.24, 2.45) is 0 Å². The van der Waals surface area contributed by atoms with E-state index in [4.69, 9.17) is 5.11 Å². The average Bonchev–Trinajstić information content (AvgIpc) is 2.71. The van der Waals surface area contributed by atoms with Crippen molar-refractivity contribution in [1.82, 2.24) is 10.2 Å². The van der Waals surface area contributed by atoms with Crippen LogP contribution in [0.3, 0.4) is 0 Å². The number of carbonyl (C=O) groups is 2. The number of likely N-dealkylation sites (tertiary alicyclic amines) is 1. The Kier molecular flexibility index (Phi) is 5.54. The molecule has 3 N–H and O–H groups in total. The summed E-state index contributed by atoms with van der Waals surface area (Å²) < 4.78 is 11.2. The lowest BCUT2D eigenvalue weighted by Gasteiger charge is -2.21. The van der Waals surface area contributed by atoms with E-state index in [1.54, 1.807) is 6.92 Å². The Labute approximate surface area is 108 Å². The standard InChI is InChI=1S/C10H18N2O5S/c1-2-18(17)4-3-11-10(16)12-6-7(13)5-8(12)9(14)15/h7-8,13H,2-6H2,1H3,(H,11,16)(H,14,15)/t7-,8+,18?/m1/s1. The van der Waals surface area contributed by atoms with Crippen LogP contribution in [0.2, 0.25) is 0 Å². The van der Waals surface area contributed by atoms with Gasteiger partial charge in [-0.3, -0.25) is 4.21 Å². The second kappa shape index (κ2) is 6.69. The van der Waals surface area contributed by atoms with Crippen LogP contribution in [0.25, 0.3) is 0 Å². The van der Waals surface area contributed by atoms with Crippen LogP contribution in [0.15, 0.2) is 0 Å². The van der Waals surface area contributed by atoms with E-state index in [9.17, 15) is 18.9 Å². The Morgan fingerprint density at radius 3 is 2.72 bits per heavy atom. The monoisotopic (exact) mass is 278 g/mol. The number of aliphatic hydroxyl groups is 1. The molecule has 1 unspecified atom stereocenters. The first-order valence-electron chi connectivity index (χ1n) is 5.76. The summed E-state index contributed by atoms with van der Waals surface area (Å²) in [6.45, 7) is 2.03. The van der Waals surface area contributed by atoms with Gasteiger partial charge in [-0.2, -0.15) is 0 Å². The van der Waals surface area contributed by atoms with Gasteiger partial charge in [0.05, 0.1) is 6.10 Å². The van der Waals surface area contributed by atoms with Crippen molar-refractivity contribution in [3.05, 3.63) is 0 Å². The molecule has 0 bridgehead atoms. The summed E-state index contributed by atoms with van der Waals surface area (Å²) in [6.07, 6.45) is -0.759. The van der Waals surface area contributed by atoms with E-state index in [1.165, 1.54) is 0 Å². The predicted octanol–water partition coefficient (Wildman–Crippen LogP) is -1.02. The van der Waals surface area contributed by atoms with Gasteiger partial charge in [-0.15, -0.1) is 0 Å². The number of hydrogen-bond donors (Lipinski definition) is 3. The van der Waals surface area contributed by atoms with Crippen LogP contribution in [0.4, 0.5) is 4.79 Å². The second-order valence-corrected chi connectivity index (χ2v) is 5.93. The van der Waals surface area contributed by atoms with Gasteiger partial charge >= 0.3 is 12.0 Å². The topological polar surface area (TPSA) is 107 Å². The summed E-state index contributed by atoms with van der Waals surface area (Å²) in [4.78, 5) is 23.7. The van der Waals surface area contributed by atoms with Gasteiger partial charge < -0.3 is 20.4 Å². The summed E-state index contributed by atoms with van der Waals surface area (Å²) in [5.41, 5.74) is 0. The second-order valence-electron chi connectivity index (χ2n) is 4.06. The van der Waals surface area contributed by atoms with Crippen molar-refractivity contribution in [1.29, 1.82) is 0 Å². The van der Waals surface area contributed by atoms with Gasteiger partial charge in [0, 0.05) is 41.8 Å². The predicted molar refractivity (Wildman–Crippen MR) is 65.7 cm³/mol. The number of nitrogens with one attached hydrogen (secondary N) is 1. The minimum atomic E-state index is -1.13. The molecule has 1 fully saturated rings. The fraction of sp³-hybridized carbons (Fsp3) is 0.800. The Morgan fingerprint density at radius 2 is 2.17 bits per heavy atom. The first-order valence-corrected chi connectivity index (χ1v) is 7.24. The van der Waals surface area contributed by atoms with E-state index in [-0.39, 0.29) is 19.5 Å². The molecule has 0 saturated carbocycles. The van der Waals surface area contributed by atoms with Crippen LogP contribution in [0.5, 0.6) is 0 Å². The molecule has 0 aromatic rings. The first kappa shape index (κ1) is 14.9. The van der Waals surface area contributed by atoms with Crippen molar-refractivity contribution in [2.75, 3.05) is 24.6 Å². The highest BCUT2D eigenvalue weighted by Crippen LogP contribution is 2.17. The van der Waals surface area contributed by atoms with Crippen LogP contribution in [0.1, 0.15) is 13.3 Å². The maximum absolute atomic E-state index is 11.7. The normalized spacial score (nSPS) is 24.9. The summed E-state index contributed by atoms with van der Waals surface area (Å²) in [6, 6.07) is -1.52. The molecular formula is C10H18N2O5S. The number of urea groups is 1. The number of rotatable bonds is 5. The Morgan fingerprint density at radius 1 is 1.50 bits per heavy atom. The van der Waals surface area contributed by atoms with Gasteiger partial charge in [-0.05, 0) is 0 Å². The summed E-state index contributed by atoms with van der Waals surface area (Å²) in [5.74, 6) is -0.259. The number of amides is 2. The average molecular weight is 278 g/mol. The van der Waals surface area contributed by atoms with Crippen LogP contribution in [-0.4, -0.2) is 68.1 Å². The number of aliphatic carboxylic acids is 1. The van der Waals surface area contributed by atoms with Crippen LogP contribution < -0.4 is 5.32 Å². The number of carboxylic acid groups (broad SMARTS) is 1. The molecule has 8 heteroatoms. The van der Waals surface area contributed by atoms with Crippen LogP contribution in [-0.2, 0) is 15.6 Å². The SMILES string of the molecule is CCS(=O)CCNC(=O)N1C[C@H](O)C[C@H]1C(=O)O. The lowest BCUT2D eigenvalue weighted by atomic mass is 10.2. The zero-order chi connectivity index (χ0) is 13.7. The summed E-state index contributed by atoms with van der Waals surface area (Å²) in [7, 11) is -0.968. The van der Waals surface area contributed by atoms with E-state index < -0.39 is 34.9 Å². The molecule has 1 aliphatic rings. The molecule has 3 atom stereocenters. The number of nitrogens with zero attached hydrogens (tertiary/aromatic N) is 1. The Bertz CT molecular complexity index is 349. The number of hydrogen-bond acceptors (Lipinski definition) is 4. The zero-order valence-electron chi connectivity index (χ0n) is 10.2. The van der Waals surface area contributed by atoms with Crippen molar-refractivity contribution in [3.8, 4) is 0 Å². The zero-order valence-corrected chi connectivity index (χ0v) is 11.0. The van der Waals surface area contributed by atoms with E-state index in [0.29, 0.717) is 11.5 Å². The molecule has 1 aliphatic heterocycles. The van der Waals surface area contributed by atoms with E-state index in [1.807, 2.05) is 0 Å². The third kappa shape index (κ3) is 3.95. The summed E-state index contributed by atoms with van der Waals surface area (Å²) >= 11 is 0. The minimum Gasteiger partial charge on any atom is -0.480 e. The molecule has 0 spiro atoms. The molecule has 0 aromatic heterocycles. The molecule has 1 heterocycles. The molecule has 1 saturated heterocycles. The summed E-state index contributed by atoms with van der Waals surface area (Å²) in [5, 5.41) is 20.8. The highest BCUT2D eigenvalue weighted by Gasteiger charge is 2.38. The van der Waals surface area contributed by atoms with Crippen LogP contribution in [0, 0.1) is 0 Å². The number of carbonyl (C=O) groups excluding carboxylic acids is 1. The van der Waals surface area contributed by atoms with E-state index in [2.05, 4.69) is 5.32 Å². The van der Waals surface area contributed by atoms with Crippen molar-refractivity contribution in [2.45, 2.75) is 25.5 Å². The highest BCUT2D eigenvalue weighted by atomic mass is 32.2. The van der Waals surface area contributed by atoms with Crippen molar-refractivity contribution in [3.63, 3.8) is 0 Å². The maximum atomic E-state index is 11.7. The van der Waals surface area contributed by atoms with Gasteiger partial charge in [0.25, 0.3) is 0 Å². The van der Waals surface area contributed by atoms with Crippen molar-refractivity contribution >= 4 is 22.8 Å². The maximum Gasteiger partial charge on any atom is 0.326 e. The third-order valence-electron chi connectivity index (χ3n) is 2.75. The third-order valence-corrected chi connectivity index (χ3v) is 4.06. The number of carboxylic acids is 1. The first-order chi connectivity index (χ1) is 8.45. The number of β-amino-alcohol motifs (C(OH)–C–C–N with tert-alkyl or cyclic N) is 1. The fourth-order valence-electron chi connectivity index (χ4n) is 1.79. The van der Waals surface area contributed by atoms with Gasteiger partial charge in [-0.25, -0.2) is 9.59 Å². The molecular weight excluding hydrogens is 260 g/mol. The smallest absolute Gasteiger partial charge is 0.326 e.